The summed E-state index contributed by atoms with van der Waals surface area (Å²) in [7, 11) is 0. The molecule has 0 aliphatic carbocycles. The molecule has 0 radical (unpaired) electrons. The number of hydrogen-bond acceptors (Lipinski definition) is 3. The Morgan fingerprint density at radius 1 is 1.38 bits per heavy atom. The minimum Gasteiger partial charge on any atom is -0.362 e. The molecule has 84 valence electrons. The van der Waals surface area contributed by atoms with E-state index < -0.39 is 0 Å². The molecule has 0 fully saturated rings. The Morgan fingerprint density at radius 3 is 2.94 bits per heavy atom. The van der Waals surface area contributed by atoms with Crippen LogP contribution in [0.3, 0.4) is 0 Å². The third kappa shape index (κ3) is 2.62. The van der Waals surface area contributed by atoms with Crippen molar-refractivity contribution in [3.05, 3.63) is 34.1 Å². The number of benzene rings is 1. The lowest BCUT2D eigenvalue weighted by atomic mass is 10.2. The van der Waals surface area contributed by atoms with Gasteiger partial charge in [0.25, 0.3) is 0 Å². The predicted molar refractivity (Wildman–Crippen MR) is 74.0 cm³/mol. The van der Waals surface area contributed by atoms with Gasteiger partial charge in [0.15, 0.2) is 5.13 Å². The van der Waals surface area contributed by atoms with Crippen molar-refractivity contribution in [3.8, 4) is 11.3 Å². The molecule has 0 saturated carbocycles. The average Bonchev–Trinajstić information content (AvgIpc) is 2.75. The summed E-state index contributed by atoms with van der Waals surface area (Å²) >= 11 is 5.19. The predicted octanol–water partition coefficient (Wildman–Crippen LogP) is 4.39. The molecule has 0 aliphatic heterocycles. The van der Waals surface area contributed by atoms with Gasteiger partial charge in [0, 0.05) is 22.0 Å². The lowest BCUT2D eigenvalue weighted by molar-refractivity contribution is 0.976. The van der Waals surface area contributed by atoms with Gasteiger partial charge in [0.05, 0.1) is 5.69 Å². The van der Waals surface area contributed by atoms with Crippen LogP contribution < -0.4 is 5.32 Å². The molecule has 0 saturated heterocycles. The van der Waals surface area contributed by atoms with Crippen LogP contribution in [0.25, 0.3) is 11.3 Å². The topological polar surface area (TPSA) is 24.9 Å². The second kappa shape index (κ2) is 5.46. The number of hydrogen-bond donors (Lipinski definition) is 1. The number of thiazole rings is 1. The molecule has 0 spiro atoms. The Labute approximate surface area is 108 Å². The van der Waals surface area contributed by atoms with Crippen LogP contribution in [-0.2, 0) is 0 Å². The third-order valence-corrected chi connectivity index (χ3v) is 3.67. The molecule has 2 rings (SSSR count). The zero-order valence-corrected chi connectivity index (χ0v) is 11.4. The van der Waals surface area contributed by atoms with Crippen molar-refractivity contribution < 1.29 is 0 Å². The lowest BCUT2D eigenvalue weighted by Gasteiger charge is -2.00. The number of nitrogens with zero attached hydrogens (tertiary/aromatic N) is 1. The Kier molecular flexibility index (Phi) is 3.96. The molecule has 1 aromatic carbocycles. The Hall–Kier alpha value is -0.870. The largest absolute Gasteiger partial charge is 0.362 e. The highest BCUT2D eigenvalue weighted by Crippen LogP contribution is 2.30. The molecule has 4 heteroatoms. The van der Waals surface area contributed by atoms with E-state index in [2.05, 4.69) is 44.6 Å². The molecule has 16 heavy (non-hydrogen) atoms. The first-order valence-electron chi connectivity index (χ1n) is 5.25. The van der Waals surface area contributed by atoms with Crippen molar-refractivity contribution in [1.29, 1.82) is 0 Å². The summed E-state index contributed by atoms with van der Waals surface area (Å²) in [6.07, 6.45) is 1.12. The summed E-state index contributed by atoms with van der Waals surface area (Å²) in [6, 6.07) is 8.14. The van der Waals surface area contributed by atoms with Gasteiger partial charge in [-0.05, 0) is 12.5 Å². The molecule has 0 aliphatic rings. The molecule has 2 aromatic rings. The number of rotatable bonds is 4. The van der Waals surface area contributed by atoms with Crippen LogP contribution in [0.15, 0.2) is 34.1 Å². The number of halogens is 1. The van der Waals surface area contributed by atoms with Gasteiger partial charge in [-0.25, -0.2) is 4.98 Å². The summed E-state index contributed by atoms with van der Waals surface area (Å²) in [4.78, 5) is 4.56. The summed E-state index contributed by atoms with van der Waals surface area (Å²) in [6.45, 7) is 3.12. The smallest absolute Gasteiger partial charge is 0.183 e. The number of anilines is 1. The van der Waals surface area contributed by atoms with Crippen molar-refractivity contribution in [2.75, 3.05) is 11.9 Å². The maximum absolute atomic E-state index is 4.56. The van der Waals surface area contributed by atoms with E-state index in [1.165, 1.54) is 0 Å². The van der Waals surface area contributed by atoms with E-state index >= 15 is 0 Å². The minimum absolute atomic E-state index is 0.975. The van der Waals surface area contributed by atoms with Crippen molar-refractivity contribution in [3.63, 3.8) is 0 Å². The molecule has 2 nitrogen and oxygen atoms in total. The summed E-state index contributed by atoms with van der Waals surface area (Å²) in [5.74, 6) is 0. The van der Waals surface area contributed by atoms with Gasteiger partial charge in [-0.2, -0.15) is 0 Å². The van der Waals surface area contributed by atoms with E-state index in [0.717, 1.165) is 33.8 Å². The maximum atomic E-state index is 4.56. The van der Waals surface area contributed by atoms with E-state index in [9.17, 15) is 0 Å². The quantitative estimate of drug-likeness (QED) is 0.905. The van der Waals surface area contributed by atoms with E-state index in [1.54, 1.807) is 11.3 Å². The highest BCUT2D eigenvalue weighted by molar-refractivity contribution is 9.10. The van der Waals surface area contributed by atoms with Gasteiger partial charge in [-0.3, -0.25) is 0 Å². The second-order valence-corrected chi connectivity index (χ2v) is 5.16. The monoisotopic (exact) mass is 296 g/mol. The zero-order valence-electron chi connectivity index (χ0n) is 9.03. The number of aromatic nitrogens is 1. The minimum atomic E-state index is 0.975. The molecule has 0 unspecified atom stereocenters. The standard InChI is InChI=1S/C12H13BrN2S/c1-2-7-14-12-15-11(8-16-12)9-5-3-4-6-10(9)13/h3-6,8H,2,7H2,1H3,(H,14,15). The first-order chi connectivity index (χ1) is 7.81. The van der Waals surface area contributed by atoms with Crippen LogP contribution in [-0.4, -0.2) is 11.5 Å². The normalized spacial score (nSPS) is 10.4. The molecular weight excluding hydrogens is 284 g/mol. The first-order valence-corrected chi connectivity index (χ1v) is 6.93. The Morgan fingerprint density at radius 2 is 2.19 bits per heavy atom. The van der Waals surface area contributed by atoms with Crippen LogP contribution in [0, 0.1) is 0 Å². The molecule has 0 bridgehead atoms. The summed E-state index contributed by atoms with van der Waals surface area (Å²) < 4.78 is 1.09. The zero-order chi connectivity index (χ0) is 11.4. The van der Waals surface area contributed by atoms with Gasteiger partial charge in [-0.1, -0.05) is 41.1 Å². The van der Waals surface area contributed by atoms with Crippen LogP contribution in [0.1, 0.15) is 13.3 Å². The summed E-state index contributed by atoms with van der Waals surface area (Å²) in [5, 5.41) is 6.37. The average molecular weight is 297 g/mol. The SMILES string of the molecule is CCCNc1nc(-c2ccccc2Br)cs1. The van der Waals surface area contributed by atoms with Crippen LogP contribution in [0.5, 0.6) is 0 Å². The molecule has 1 N–H and O–H groups in total. The molecule has 1 heterocycles. The first kappa shape index (κ1) is 11.6. The van der Waals surface area contributed by atoms with Gasteiger partial charge < -0.3 is 5.32 Å². The third-order valence-electron chi connectivity index (χ3n) is 2.18. The molecular formula is C12H13BrN2S. The lowest BCUT2D eigenvalue weighted by Crippen LogP contribution is -1.98. The number of nitrogens with one attached hydrogen (secondary N) is 1. The molecule has 0 atom stereocenters. The summed E-state index contributed by atoms with van der Waals surface area (Å²) in [5.41, 5.74) is 2.17. The Bertz CT molecular complexity index is 468. The highest BCUT2D eigenvalue weighted by atomic mass is 79.9. The van der Waals surface area contributed by atoms with Crippen LogP contribution in [0.2, 0.25) is 0 Å². The van der Waals surface area contributed by atoms with E-state index in [1.807, 2.05) is 18.2 Å². The van der Waals surface area contributed by atoms with Crippen molar-refractivity contribution >= 4 is 32.4 Å². The van der Waals surface area contributed by atoms with Crippen LogP contribution >= 0.6 is 27.3 Å². The Balaban J connectivity index is 2.22. The van der Waals surface area contributed by atoms with Crippen molar-refractivity contribution in [2.45, 2.75) is 13.3 Å². The van der Waals surface area contributed by atoms with E-state index in [-0.39, 0.29) is 0 Å². The highest BCUT2D eigenvalue weighted by Gasteiger charge is 2.06. The second-order valence-electron chi connectivity index (χ2n) is 3.44. The van der Waals surface area contributed by atoms with E-state index in [0.29, 0.717) is 0 Å². The maximum Gasteiger partial charge on any atom is 0.183 e. The molecule has 1 aromatic heterocycles. The van der Waals surface area contributed by atoms with Crippen molar-refractivity contribution in [2.24, 2.45) is 0 Å². The van der Waals surface area contributed by atoms with Gasteiger partial charge in [-0.15, -0.1) is 11.3 Å². The fourth-order valence-electron chi connectivity index (χ4n) is 1.38. The van der Waals surface area contributed by atoms with Crippen LogP contribution in [0.4, 0.5) is 5.13 Å². The molecule has 0 amide bonds. The van der Waals surface area contributed by atoms with Crippen molar-refractivity contribution in [1.82, 2.24) is 4.98 Å². The fraction of sp³-hybridized carbons (Fsp3) is 0.250. The fourth-order valence-corrected chi connectivity index (χ4v) is 2.61. The van der Waals surface area contributed by atoms with E-state index in [4.69, 9.17) is 0 Å². The van der Waals surface area contributed by atoms with Gasteiger partial charge >= 0.3 is 0 Å². The van der Waals surface area contributed by atoms with Gasteiger partial charge in [0.2, 0.25) is 0 Å². The van der Waals surface area contributed by atoms with Gasteiger partial charge in [0.1, 0.15) is 0 Å².